The Morgan fingerprint density at radius 3 is 2.64 bits per heavy atom. The van der Waals surface area contributed by atoms with Crippen molar-refractivity contribution in [2.45, 2.75) is 38.6 Å². The quantitative estimate of drug-likeness (QED) is 0.704. The lowest BCUT2D eigenvalue weighted by Gasteiger charge is -2.21. The fourth-order valence-electron chi connectivity index (χ4n) is 2.14. The molecule has 2 rings (SSSR count). The van der Waals surface area contributed by atoms with Gasteiger partial charge in [-0.2, -0.15) is 0 Å². The molecule has 0 spiro atoms. The zero-order chi connectivity index (χ0) is 9.97. The van der Waals surface area contributed by atoms with E-state index in [1.807, 2.05) is 0 Å². The molecule has 2 atom stereocenters. The van der Waals surface area contributed by atoms with Gasteiger partial charge in [-0.15, -0.1) is 0 Å². The van der Waals surface area contributed by atoms with Crippen molar-refractivity contribution in [2.24, 2.45) is 11.8 Å². The van der Waals surface area contributed by atoms with E-state index in [1.54, 1.807) is 0 Å². The number of piperidine rings is 1. The maximum absolute atomic E-state index is 11.6. The molecule has 0 radical (unpaired) electrons. The molecule has 14 heavy (non-hydrogen) atoms. The van der Waals surface area contributed by atoms with Gasteiger partial charge in [0.1, 0.15) is 0 Å². The average molecular weight is 196 g/mol. The molecule has 0 aromatic heterocycles. The van der Waals surface area contributed by atoms with Gasteiger partial charge in [0, 0.05) is 12.5 Å². The predicted molar refractivity (Wildman–Crippen MR) is 55.9 cm³/mol. The molecular formula is C11H20N2O. The molecule has 1 aliphatic carbocycles. The largest absolute Gasteiger partial charge is 0.353 e. The Morgan fingerprint density at radius 2 is 2.07 bits per heavy atom. The second-order valence-corrected chi connectivity index (χ2v) is 4.78. The summed E-state index contributed by atoms with van der Waals surface area (Å²) in [6, 6.07) is 0.490. The molecule has 1 saturated carbocycles. The molecule has 1 amide bonds. The first-order valence-electron chi connectivity index (χ1n) is 5.76. The third-order valence-electron chi connectivity index (χ3n) is 3.39. The fourth-order valence-corrected chi connectivity index (χ4v) is 2.14. The van der Waals surface area contributed by atoms with Gasteiger partial charge in [-0.25, -0.2) is 0 Å². The summed E-state index contributed by atoms with van der Waals surface area (Å²) in [5.41, 5.74) is 0. The van der Waals surface area contributed by atoms with E-state index in [1.165, 1.54) is 6.42 Å². The molecule has 1 heterocycles. The van der Waals surface area contributed by atoms with Crippen molar-refractivity contribution in [1.82, 2.24) is 10.6 Å². The van der Waals surface area contributed by atoms with E-state index in [4.69, 9.17) is 0 Å². The van der Waals surface area contributed by atoms with E-state index in [0.29, 0.717) is 17.9 Å². The number of hydrogen-bond donors (Lipinski definition) is 2. The molecule has 2 aliphatic rings. The van der Waals surface area contributed by atoms with E-state index < -0.39 is 0 Å². The van der Waals surface area contributed by atoms with Crippen LogP contribution in [-0.2, 0) is 4.79 Å². The SMILES string of the molecule is CC1CC1NC(=O)CC1CCNCC1. The van der Waals surface area contributed by atoms with Gasteiger partial charge < -0.3 is 10.6 Å². The summed E-state index contributed by atoms with van der Waals surface area (Å²) in [5.74, 6) is 1.60. The third-order valence-corrected chi connectivity index (χ3v) is 3.39. The zero-order valence-electron chi connectivity index (χ0n) is 8.88. The van der Waals surface area contributed by atoms with E-state index in [-0.39, 0.29) is 5.91 Å². The molecule has 3 heteroatoms. The Kier molecular flexibility index (Phi) is 3.06. The lowest BCUT2D eigenvalue weighted by Crippen LogP contribution is -2.33. The summed E-state index contributed by atoms with van der Waals surface area (Å²) in [6.07, 6.45) is 4.24. The number of carbonyl (C=O) groups excluding carboxylic acids is 1. The van der Waals surface area contributed by atoms with Crippen LogP contribution in [0, 0.1) is 11.8 Å². The summed E-state index contributed by atoms with van der Waals surface area (Å²) >= 11 is 0. The Balaban J connectivity index is 1.65. The van der Waals surface area contributed by atoms with Gasteiger partial charge in [-0.1, -0.05) is 6.92 Å². The monoisotopic (exact) mass is 196 g/mol. The van der Waals surface area contributed by atoms with Gasteiger partial charge in [-0.05, 0) is 44.2 Å². The molecule has 0 aromatic rings. The minimum Gasteiger partial charge on any atom is -0.353 e. The van der Waals surface area contributed by atoms with Gasteiger partial charge >= 0.3 is 0 Å². The van der Waals surface area contributed by atoms with Gasteiger partial charge in [0.25, 0.3) is 0 Å². The number of rotatable bonds is 3. The molecular weight excluding hydrogens is 176 g/mol. The Hall–Kier alpha value is -0.570. The molecule has 3 nitrogen and oxygen atoms in total. The Morgan fingerprint density at radius 1 is 1.43 bits per heavy atom. The molecule has 1 saturated heterocycles. The maximum atomic E-state index is 11.6. The van der Waals surface area contributed by atoms with Gasteiger partial charge in [-0.3, -0.25) is 4.79 Å². The number of amides is 1. The molecule has 2 fully saturated rings. The lowest BCUT2D eigenvalue weighted by molar-refractivity contribution is -0.122. The minimum absolute atomic E-state index is 0.270. The van der Waals surface area contributed by atoms with E-state index >= 15 is 0 Å². The van der Waals surface area contributed by atoms with Gasteiger partial charge in [0.15, 0.2) is 0 Å². The smallest absolute Gasteiger partial charge is 0.220 e. The van der Waals surface area contributed by atoms with Crippen LogP contribution in [0.2, 0.25) is 0 Å². The van der Waals surface area contributed by atoms with Crippen molar-refractivity contribution in [3.8, 4) is 0 Å². The minimum atomic E-state index is 0.270. The first-order valence-corrected chi connectivity index (χ1v) is 5.76. The normalized spacial score (nSPS) is 32.6. The van der Waals surface area contributed by atoms with E-state index in [9.17, 15) is 4.79 Å². The van der Waals surface area contributed by atoms with Crippen LogP contribution < -0.4 is 10.6 Å². The molecule has 2 N–H and O–H groups in total. The highest BCUT2D eigenvalue weighted by Gasteiger charge is 2.34. The molecule has 2 unspecified atom stereocenters. The summed E-state index contributed by atoms with van der Waals surface area (Å²) in [6.45, 7) is 4.35. The highest BCUT2D eigenvalue weighted by Crippen LogP contribution is 2.29. The molecule has 0 aromatic carbocycles. The van der Waals surface area contributed by atoms with Crippen LogP contribution in [0.3, 0.4) is 0 Å². The van der Waals surface area contributed by atoms with Crippen molar-refractivity contribution in [3.63, 3.8) is 0 Å². The van der Waals surface area contributed by atoms with E-state index in [2.05, 4.69) is 17.6 Å². The Labute approximate surface area is 85.6 Å². The van der Waals surface area contributed by atoms with Crippen molar-refractivity contribution < 1.29 is 4.79 Å². The summed E-state index contributed by atoms with van der Waals surface area (Å²) in [7, 11) is 0. The average Bonchev–Trinajstić information content (AvgIpc) is 2.83. The van der Waals surface area contributed by atoms with Crippen molar-refractivity contribution in [2.75, 3.05) is 13.1 Å². The van der Waals surface area contributed by atoms with Crippen LogP contribution in [0.15, 0.2) is 0 Å². The molecule has 1 aliphatic heterocycles. The molecule has 80 valence electrons. The second kappa shape index (κ2) is 4.30. The highest BCUT2D eigenvalue weighted by atomic mass is 16.1. The van der Waals surface area contributed by atoms with Crippen LogP contribution in [-0.4, -0.2) is 25.0 Å². The van der Waals surface area contributed by atoms with Gasteiger partial charge in [0.2, 0.25) is 5.91 Å². The van der Waals surface area contributed by atoms with Crippen LogP contribution in [0.4, 0.5) is 0 Å². The summed E-state index contributed by atoms with van der Waals surface area (Å²) in [4.78, 5) is 11.6. The first-order chi connectivity index (χ1) is 6.75. The Bertz CT molecular complexity index is 211. The first kappa shape index (κ1) is 9.97. The number of nitrogens with one attached hydrogen (secondary N) is 2. The lowest BCUT2D eigenvalue weighted by atomic mass is 9.94. The zero-order valence-corrected chi connectivity index (χ0v) is 8.88. The topological polar surface area (TPSA) is 41.1 Å². The summed E-state index contributed by atoms with van der Waals surface area (Å²) in [5, 5.41) is 6.41. The van der Waals surface area contributed by atoms with Crippen molar-refractivity contribution in [1.29, 1.82) is 0 Å². The number of carbonyl (C=O) groups is 1. The van der Waals surface area contributed by atoms with E-state index in [0.717, 1.165) is 32.4 Å². The predicted octanol–water partition coefficient (Wildman–Crippen LogP) is 0.901. The molecule has 0 bridgehead atoms. The van der Waals surface area contributed by atoms with Crippen LogP contribution in [0.5, 0.6) is 0 Å². The van der Waals surface area contributed by atoms with Crippen molar-refractivity contribution >= 4 is 5.91 Å². The van der Waals surface area contributed by atoms with Crippen LogP contribution in [0.25, 0.3) is 0 Å². The van der Waals surface area contributed by atoms with Crippen LogP contribution in [0.1, 0.15) is 32.6 Å². The van der Waals surface area contributed by atoms with Crippen molar-refractivity contribution in [3.05, 3.63) is 0 Å². The fraction of sp³-hybridized carbons (Fsp3) is 0.909. The third kappa shape index (κ3) is 2.71. The second-order valence-electron chi connectivity index (χ2n) is 4.78. The van der Waals surface area contributed by atoms with Gasteiger partial charge in [0.05, 0.1) is 0 Å². The maximum Gasteiger partial charge on any atom is 0.220 e. The standard InChI is InChI=1S/C11H20N2O/c1-8-6-10(8)13-11(14)7-9-2-4-12-5-3-9/h8-10,12H,2-7H2,1H3,(H,13,14). The summed E-state index contributed by atoms with van der Waals surface area (Å²) < 4.78 is 0. The number of hydrogen-bond acceptors (Lipinski definition) is 2. The highest BCUT2D eigenvalue weighted by molar-refractivity contribution is 5.76. The van der Waals surface area contributed by atoms with Crippen LogP contribution >= 0.6 is 0 Å².